The van der Waals surface area contributed by atoms with Crippen molar-refractivity contribution in [3.63, 3.8) is 0 Å². The number of ether oxygens (including phenoxy) is 4. The summed E-state index contributed by atoms with van der Waals surface area (Å²) in [6, 6.07) is 1.44. The minimum atomic E-state index is -1.26. The molecule has 1 aromatic carbocycles. The van der Waals surface area contributed by atoms with Crippen LogP contribution in [0.1, 0.15) is 94.4 Å². The Morgan fingerprint density at radius 1 is 1.17 bits per heavy atom. The molecule has 8 unspecified atom stereocenters. The first-order valence-corrected chi connectivity index (χ1v) is 18.2. The number of rotatable bonds is 10. The lowest BCUT2D eigenvalue weighted by atomic mass is 9.89. The van der Waals surface area contributed by atoms with Crippen LogP contribution in [-0.4, -0.2) is 63.0 Å². The number of aliphatic hydroxyl groups is 2. The van der Waals surface area contributed by atoms with Gasteiger partial charge in [-0.3, -0.25) is 9.59 Å². The van der Waals surface area contributed by atoms with Crippen LogP contribution in [0.2, 0.25) is 0 Å². The van der Waals surface area contributed by atoms with E-state index in [1.165, 1.54) is 6.07 Å². The Morgan fingerprint density at radius 2 is 1.96 bits per heavy atom. The Morgan fingerprint density at radius 3 is 2.62 bits per heavy atom. The summed E-state index contributed by atoms with van der Waals surface area (Å²) in [5.41, 5.74) is 2.05. The Balaban J connectivity index is 1.47. The second-order valence-electron chi connectivity index (χ2n) is 13.6. The summed E-state index contributed by atoms with van der Waals surface area (Å²) in [4.78, 5) is 27.5. The van der Waals surface area contributed by atoms with Crippen molar-refractivity contribution in [2.75, 3.05) is 7.11 Å². The molecule has 1 aromatic heterocycles. The topological polar surface area (TPSA) is 145 Å². The van der Waals surface area contributed by atoms with Crippen LogP contribution in [0.5, 0.6) is 11.5 Å². The Labute approximate surface area is 293 Å². The largest absolute Gasteiger partial charge is 0.507 e. The van der Waals surface area contributed by atoms with E-state index in [9.17, 15) is 24.9 Å². The highest BCUT2D eigenvalue weighted by Crippen LogP contribution is 2.54. The van der Waals surface area contributed by atoms with Gasteiger partial charge in [0.05, 0.1) is 19.3 Å². The van der Waals surface area contributed by atoms with Crippen molar-refractivity contribution in [1.82, 2.24) is 0 Å². The standard InChI is InChI=1S/C37H45IO10/c1-5-6-21-15-27(41)32(38)37(45-21)47-29-17-26(40)31-33(42)30(24-16-23(24)28-14-13-25(39)36(43)46-28)34(19-8-10-20(44-4)11-9-19)48-35(31)22(29)12-7-18(2)3/h7-8,10-11,17,19,21,23-25,28,32,36-37,39-40,43H,5-6,9,12-16H2,1-4H3/t19?,21?,23?,24?,25?,28?,32?,36-,37?/m1/s1. The highest BCUT2D eigenvalue weighted by molar-refractivity contribution is 14.1. The maximum Gasteiger partial charge on any atom is 0.219 e. The number of Topliss-reactive ketones (excluding diaryl/α,β-unsaturated/α-hetero) is 1. The van der Waals surface area contributed by atoms with Gasteiger partial charge in [-0.15, -0.1) is 0 Å². The predicted octanol–water partition coefficient (Wildman–Crippen LogP) is 6.21. The maximum atomic E-state index is 14.6. The number of halogens is 1. The zero-order valence-electron chi connectivity index (χ0n) is 27.8. The molecule has 48 heavy (non-hydrogen) atoms. The SMILES string of the molecule is CCCC1CC(=O)C(I)C(Oc2cc(O)c3c(=O)c(C4CC4C4CCC(O)[C@H](O)O4)c(C4C=CC(OC)=CC4)oc3c2CC=C(C)C)O1. The fourth-order valence-corrected chi connectivity index (χ4v) is 7.74. The van der Waals surface area contributed by atoms with Gasteiger partial charge in [0.1, 0.15) is 44.0 Å². The van der Waals surface area contributed by atoms with E-state index >= 15 is 0 Å². The fraction of sp³-hybridized carbons (Fsp3) is 0.568. The third-order valence-electron chi connectivity index (χ3n) is 9.86. The molecule has 2 aromatic rings. The number of carbonyl (C=O) groups excluding carboxylic acids is 1. The van der Waals surface area contributed by atoms with Crippen molar-refractivity contribution in [1.29, 1.82) is 0 Å². The number of aliphatic hydroxyl groups excluding tert-OH is 2. The number of alkyl halides is 1. The lowest BCUT2D eigenvalue weighted by Crippen LogP contribution is -2.45. The molecule has 3 heterocycles. The molecular formula is C37H45IO10. The number of phenolic OH excluding ortho intramolecular Hbond substituents is 1. The molecule has 0 amide bonds. The summed E-state index contributed by atoms with van der Waals surface area (Å²) in [5.74, 6) is 0.780. The molecule has 10 nitrogen and oxygen atoms in total. The normalized spacial score (nSPS) is 31.8. The van der Waals surface area contributed by atoms with Gasteiger partial charge in [-0.1, -0.05) is 53.7 Å². The smallest absolute Gasteiger partial charge is 0.219 e. The Kier molecular flexibility index (Phi) is 10.7. The van der Waals surface area contributed by atoms with E-state index in [4.69, 9.17) is 23.4 Å². The van der Waals surface area contributed by atoms with Crippen LogP contribution >= 0.6 is 22.6 Å². The van der Waals surface area contributed by atoms with Crippen LogP contribution < -0.4 is 10.2 Å². The van der Waals surface area contributed by atoms with Crippen molar-refractivity contribution in [3.05, 3.63) is 68.8 Å². The number of carbonyl (C=O) groups is 1. The number of aromatic hydroxyl groups is 1. The van der Waals surface area contributed by atoms with Gasteiger partial charge in [0.25, 0.3) is 0 Å². The van der Waals surface area contributed by atoms with Crippen LogP contribution in [0, 0.1) is 5.92 Å². The molecule has 3 N–H and O–H groups in total. The highest BCUT2D eigenvalue weighted by atomic mass is 127. The quantitative estimate of drug-likeness (QED) is 0.145. The number of fused-ring (bicyclic) bond motifs is 1. The van der Waals surface area contributed by atoms with Gasteiger partial charge >= 0.3 is 0 Å². The molecule has 2 aliphatic heterocycles. The summed E-state index contributed by atoms with van der Waals surface area (Å²) >= 11 is 2.06. The fourth-order valence-electron chi connectivity index (χ4n) is 7.17. The van der Waals surface area contributed by atoms with Crippen LogP contribution in [0.4, 0.5) is 0 Å². The van der Waals surface area contributed by atoms with E-state index in [0.29, 0.717) is 61.2 Å². The van der Waals surface area contributed by atoms with Gasteiger partial charge in [0.15, 0.2) is 17.5 Å². The Hall–Kier alpha value is -2.71. The molecule has 6 rings (SSSR count). The lowest BCUT2D eigenvalue weighted by Gasteiger charge is -2.33. The summed E-state index contributed by atoms with van der Waals surface area (Å²) in [6.45, 7) is 6.00. The summed E-state index contributed by atoms with van der Waals surface area (Å²) in [5, 5.41) is 31.8. The molecule has 3 fully saturated rings. The molecule has 0 bridgehead atoms. The average molecular weight is 777 g/mol. The molecule has 260 valence electrons. The van der Waals surface area contributed by atoms with E-state index in [-0.39, 0.29) is 57.9 Å². The number of benzene rings is 1. The number of allylic oxidation sites excluding steroid dienone is 5. The number of phenols is 1. The predicted molar refractivity (Wildman–Crippen MR) is 187 cm³/mol. The van der Waals surface area contributed by atoms with Gasteiger partial charge in [0.2, 0.25) is 6.29 Å². The van der Waals surface area contributed by atoms with Gasteiger partial charge in [-0.25, -0.2) is 0 Å². The Bertz CT molecular complexity index is 1690. The minimum absolute atomic E-state index is 0.0450. The third-order valence-corrected chi connectivity index (χ3v) is 11.1. The number of hydrogen-bond donors (Lipinski definition) is 3. The molecule has 1 saturated carbocycles. The van der Waals surface area contributed by atoms with E-state index in [2.05, 4.69) is 22.6 Å². The van der Waals surface area contributed by atoms with Crippen LogP contribution in [0.15, 0.2) is 50.9 Å². The monoisotopic (exact) mass is 776 g/mol. The van der Waals surface area contributed by atoms with E-state index in [1.807, 2.05) is 45.1 Å². The zero-order valence-corrected chi connectivity index (χ0v) is 30.0. The first kappa shape index (κ1) is 35.1. The number of hydrogen-bond acceptors (Lipinski definition) is 10. The van der Waals surface area contributed by atoms with Gasteiger partial charge in [-0.2, -0.15) is 0 Å². The van der Waals surface area contributed by atoms with Gasteiger partial charge < -0.3 is 38.7 Å². The van der Waals surface area contributed by atoms with Crippen LogP contribution in [0.3, 0.4) is 0 Å². The van der Waals surface area contributed by atoms with Crippen molar-refractivity contribution in [2.24, 2.45) is 5.92 Å². The first-order chi connectivity index (χ1) is 23.0. The summed E-state index contributed by atoms with van der Waals surface area (Å²) < 4.78 is 30.1. The van der Waals surface area contributed by atoms with Crippen molar-refractivity contribution >= 4 is 39.3 Å². The second-order valence-corrected chi connectivity index (χ2v) is 14.9. The second kappa shape index (κ2) is 14.6. The molecular weight excluding hydrogens is 731 g/mol. The molecule has 0 radical (unpaired) electrons. The minimum Gasteiger partial charge on any atom is -0.507 e. The molecule has 9 atom stereocenters. The third kappa shape index (κ3) is 7.12. The zero-order chi connectivity index (χ0) is 34.3. The molecule has 2 aliphatic carbocycles. The lowest BCUT2D eigenvalue weighted by molar-refractivity contribution is -0.219. The van der Waals surface area contributed by atoms with E-state index in [1.54, 1.807) is 7.11 Å². The van der Waals surface area contributed by atoms with Crippen molar-refractivity contribution in [3.8, 4) is 11.5 Å². The summed E-state index contributed by atoms with van der Waals surface area (Å²) in [7, 11) is 1.61. The maximum absolute atomic E-state index is 14.6. The highest BCUT2D eigenvalue weighted by Gasteiger charge is 2.50. The van der Waals surface area contributed by atoms with E-state index in [0.717, 1.165) is 24.2 Å². The van der Waals surface area contributed by atoms with Crippen molar-refractivity contribution < 1.29 is 43.5 Å². The van der Waals surface area contributed by atoms with Crippen LogP contribution in [-0.2, 0) is 25.4 Å². The number of ketones is 1. The van der Waals surface area contributed by atoms with Crippen molar-refractivity contribution in [2.45, 2.75) is 119 Å². The van der Waals surface area contributed by atoms with Gasteiger partial charge in [-0.05, 0) is 76.4 Å². The molecule has 11 heteroatoms. The van der Waals surface area contributed by atoms with Crippen LogP contribution in [0.25, 0.3) is 11.0 Å². The van der Waals surface area contributed by atoms with Gasteiger partial charge in [0, 0.05) is 29.5 Å². The summed E-state index contributed by atoms with van der Waals surface area (Å²) in [6.07, 6.45) is 8.61. The molecule has 4 aliphatic rings. The molecule has 0 spiro atoms. The number of methoxy groups -OCH3 is 1. The first-order valence-electron chi connectivity index (χ1n) is 16.9. The average Bonchev–Trinajstić information content (AvgIpc) is 3.84. The van der Waals surface area contributed by atoms with E-state index < -0.39 is 22.6 Å². The molecule has 2 saturated heterocycles.